The second-order valence-corrected chi connectivity index (χ2v) is 9.26. The van der Waals surface area contributed by atoms with Crippen LogP contribution in [0.4, 0.5) is 30.6 Å². The summed E-state index contributed by atoms with van der Waals surface area (Å²) in [6.07, 6.45) is -3.44. The van der Waals surface area contributed by atoms with Crippen LogP contribution in [0, 0.1) is 0 Å². The number of piperazine rings is 1. The van der Waals surface area contributed by atoms with E-state index in [0.29, 0.717) is 16.7 Å². The minimum absolute atomic E-state index is 0.632. The van der Waals surface area contributed by atoms with Crippen LogP contribution in [0.1, 0.15) is 5.56 Å². The van der Waals surface area contributed by atoms with Crippen LogP contribution in [0.3, 0.4) is 0 Å². The van der Waals surface area contributed by atoms with Gasteiger partial charge in [-0.3, -0.25) is 4.90 Å². The molecule has 1 saturated heterocycles. The number of fused-ring (bicyclic) bond motifs is 1. The molecule has 0 bridgehead atoms. The number of alkyl halides is 3. The van der Waals surface area contributed by atoms with Gasteiger partial charge in [0.2, 0.25) is 0 Å². The zero-order chi connectivity index (χ0) is 28.0. The van der Waals surface area contributed by atoms with Gasteiger partial charge in [-0.1, -0.05) is 35.3 Å². The predicted molar refractivity (Wildman–Crippen MR) is 142 cm³/mol. The van der Waals surface area contributed by atoms with E-state index in [-0.39, 0.29) is 0 Å². The molecule has 1 aliphatic rings. The van der Waals surface area contributed by atoms with Crippen LogP contribution in [-0.4, -0.2) is 68.5 Å². The molecule has 39 heavy (non-hydrogen) atoms. The van der Waals surface area contributed by atoms with Crippen molar-refractivity contribution in [3.8, 4) is 0 Å². The molecule has 0 spiro atoms. The highest BCUT2D eigenvalue weighted by Crippen LogP contribution is 2.29. The van der Waals surface area contributed by atoms with Crippen molar-refractivity contribution >= 4 is 57.7 Å². The molecule has 0 unspecified atom stereocenters. The number of benzene rings is 2. The average Bonchev–Trinajstić information content (AvgIpc) is 2.91. The monoisotopic (exact) mass is 579 g/mol. The van der Waals surface area contributed by atoms with E-state index in [4.69, 9.17) is 43.1 Å². The largest absolute Gasteiger partial charge is 0.490 e. The highest BCUT2D eigenvalue weighted by molar-refractivity contribution is 6.33. The maximum absolute atomic E-state index is 10.6. The number of nitrogens with zero attached hydrogens (tertiary/aromatic N) is 6. The fourth-order valence-electron chi connectivity index (χ4n) is 3.81. The van der Waals surface area contributed by atoms with Gasteiger partial charge in [-0.25, -0.2) is 14.8 Å². The molecule has 2 aromatic carbocycles. The average molecular weight is 580 g/mol. The van der Waals surface area contributed by atoms with Gasteiger partial charge in [-0.15, -0.1) is 5.10 Å². The maximum atomic E-state index is 10.6. The number of nitrogens with one attached hydrogen (secondary N) is 1. The summed E-state index contributed by atoms with van der Waals surface area (Å²) in [4.78, 5) is 23.3. The van der Waals surface area contributed by atoms with Gasteiger partial charge in [-0.2, -0.15) is 18.3 Å². The molecule has 14 heteroatoms. The second-order valence-electron chi connectivity index (χ2n) is 8.42. The van der Waals surface area contributed by atoms with E-state index in [1.54, 1.807) is 6.20 Å². The van der Waals surface area contributed by atoms with Crippen LogP contribution < -0.4 is 10.2 Å². The molecule has 5 rings (SSSR count). The number of halogens is 5. The van der Waals surface area contributed by atoms with Gasteiger partial charge in [0.05, 0.1) is 11.0 Å². The van der Waals surface area contributed by atoms with Crippen molar-refractivity contribution in [2.75, 3.05) is 36.4 Å². The van der Waals surface area contributed by atoms with Crippen molar-refractivity contribution in [3.05, 3.63) is 76.4 Å². The van der Waals surface area contributed by atoms with Crippen LogP contribution in [-0.2, 0) is 11.3 Å². The Labute approximate surface area is 231 Å². The smallest absolute Gasteiger partial charge is 0.475 e. The van der Waals surface area contributed by atoms with Crippen LogP contribution >= 0.6 is 23.2 Å². The number of hydrogen-bond acceptors (Lipinski definition) is 8. The number of hydrogen-bond donors (Lipinski definition) is 2. The number of carboxylic acid groups (broad SMARTS) is 1. The number of aliphatic carboxylic acids is 1. The summed E-state index contributed by atoms with van der Waals surface area (Å²) >= 11 is 12.5. The molecule has 3 heterocycles. The lowest BCUT2D eigenvalue weighted by Crippen LogP contribution is -2.46. The second kappa shape index (κ2) is 12.4. The number of para-hydroxylation sites is 2. The quantitative estimate of drug-likeness (QED) is 0.320. The van der Waals surface area contributed by atoms with Gasteiger partial charge < -0.3 is 15.3 Å². The lowest BCUT2D eigenvalue weighted by atomic mass is 10.2. The first-order valence-corrected chi connectivity index (χ1v) is 12.4. The zero-order valence-electron chi connectivity index (χ0n) is 20.2. The van der Waals surface area contributed by atoms with E-state index < -0.39 is 12.1 Å². The summed E-state index contributed by atoms with van der Waals surface area (Å²) < 4.78 is 31.7. The number of carbonyl (C=O) groups is 1. The van der Waals surface area contributed by atoms with Crippen LogP contribution in [0.25, 0.3) is 11.0 Å². The molecule has 0 amide bonds. The van der Waals surface area contributed by atoms with E-state index in [2.05, 4.69) is 25.3 Å². The summed E-state index contributed by atoms with van der Waals surface area (Å²) in [7, 11) is 0. The Morgan fingerprint density at radius 1 is 0.974 bits per heavy atom. The van der Waals surface area contributed by atoms with Gasteiger partial charge in [0.25, 0.3) is 0 Å². The van der Waals surface area contributed by atoms with Crippen LogP contribution in [0.5, 0.6) is 0 Å². The van der Waals surface area contributed by atoms with Gasteiger partial charge in [0.1, 0.15) is 0 Å². The fourth-order valence-corrected chi connectivity index (χ4v) is 4.18. The molecule has 0 aliphatic carbocycles. The number of anilines is 3. The van der Waals surface area contributed by atoms with E-state index in [9.17, 15) is 13.2 Å². The fraction of sp³-hybridized carbons (Fsp3) is 0.240. The van der Waals surface area contributed by atoms with Crippen LogP contribution in [0.15, 0.2) is 60.8 Å². The Hall–Kier alpha value is -3.74. The molecule has 2 aromatic heterocycles. The van der Waals surface area contributed by atoms with Gasteiger partial charge in [0.15, 0.2) is 17.5 Å². The van der Waals surface area contributed by atoms with E-state index in [0.717, 1.165) is 60.2 Å². The topological polar surface area (TPSA) is 107 Å². The minimum Gasteiger partial charge on any atom is -0.475 e. The van der Waals surface area contributed by atoms with E-state index >= 15 is 0 Å². The number of aromatic nitrogens is 4. The molecule has 9 nitrogen and oxygen atoms in total. The Morgan fingerprint density at radius 3 is 2.26 bits per heavy atom. The van der Waals surface area contributed by atoms with Crippen molar-refractivity contribution in [1.82, 2.24) is 25.1 Å². The molecule has 4 aromatic rings. The van der Waals surface area contributed by atoms with Gasteiger partial charge >= 0.3 is 12.1 Å². The van der Waals surface area contributed by atoms with Crippen molar-refractivity contribution in [2.45, 2.75) is 12.7 Å². The molecule has 1 aliphatic heterocycles. The third kappa shape index (κ3) is 7.65. The number of rotatable bonds is 5. The Bertz CT molecular complexity index is 1440. The van der Waals surface area contributed by atoms with E-state index in [1.807, 2.05) is 54.6 Å². The highest BCUT2D eigenvalue weighted by atomic mass is 35.5. The normalized spacial score (nSPS) is 14.0. The molecule has 0 radical (unpaired) electrons. The summed E-state index contributed by atoms with van der Waals surface area (Å²) in [5, 5.41) is 19.9. The minimum atomic E-state index is -5.08. The standard InChI is InChI=1S/C23H21Cl2N7.C2HF3O2/c24-17-7-8-18(25)16(14-17)15-31-10-12-32(13-11-31)23-22(29-21-6-3-9-26-30-21)27-19-4-1-2-5-20(19)28-23;3-2(4,5)1(6)7/h1-9,14H,10-13,15H2,(H,27,29,30);(H,6,7). The Kier molecular flexibility index (Phi) is 9.00. The van der Waals surface area contributed by atoms with E-state index in [1.165, 1.54) is 0 Å². The molecule has 0 atom stereocenters. The molecule has 1 fully saturated rings. The van der Waals surface area contributed by atoms with Crippen molar-refractivity contribution in [3.63, 3.8) is 0 Å². The summed E-state index contributed by atoms with van der Waals surface area (Å²) in [6, 6.07) is 17.2. The van der Waals surface area contributed by atoms with Crippen molar-refractivity contribution in [1.29, 1.82) is 0 Å². The van der Waals surface area contributed by atoms with Gasteiger partial charge in [-0.05, 0) is 48.0 Å². The molecule has 204 valence electrons. The molecular weight excluding hydrogens is 558 g/mol. The first kappa shape index (κ1) is 28.3. The first-order chi connectivity index (χ1) is 18.6. The van der Waals surface area contributed by atoms with Crippen molar-refractivity contribution in [2.24, 2.45) is 0 Å². The summed E-state index contributed by atoms with van der Waals surface area (Å²) in [5.74, 6) is -0.634. The lowest BCUT2D eigenvalue weighted by Gasteiger charge is -2.36. The summed E-state index contributed by atoms with van der Waals surface area (Å²) in [6.45, 7) is 4.16. The third-order valence-corrected chi connectivity index (χ3v) is 6.29. The predicted octanol–water partition coefficient (Wildman–Crippen LogP) is 5.43. The third-order valence-electron chi connectivity index (χ3n) is 5.69. The SMILES string of the molecule is Clc1ccc(Cl)c(CN2CCN(c3nc4ccccc4nc3Nc3cccnn3)CC2)c1.O=C(O)C(F)(F)F. The Balaban J connectivity index is 0.000000448. The molecule has 2 N–H and O–H groups in total. The molecule has 0 saturated carbocycles. The zero-order valence-corrected chi connectivity index (χ0v) is 21.7. The van der Waals surface area contributed by atoms with Gasteiger partial charge in [0, 0.05) is 49.0 Å². The Morgan fingerprint density at radius 2 is 1.64 bits per heavy atom. The lowest BCUT2D eigenvalue weighted by molar-refractivity contribution is -0.192. The first-order valence-electron chi connectivity index (χ1n) is 11.6. The number of carboxylic acids is 1. The highest BCUT2D eigenvalue weighted by Gasteiger charge is 2.38. The van der Waals surface area contributed by atoms with Crippen LogP contribution in [0.2, 0.25) is 10.0 Å². The molecular formula is C25H22Cl2F3N7O2. The maximum Gasteiger partial charge on any atom is 0.490 e. The summed E-state index contributed by atoms with van der Waals surface area (Å²) in [5.41, 5.74) is 2.74. The van der Waals surface area contributed by atoms with Crippen molar-refractivity contribution < 1.29 is 23.1 Å².